The highest BCUT2D eigenvalue weighted by Gasteiger charge is 2.16. The zero-order valence-corrected chi connectivity index (χ0v) is 14.0. The fourth-order valence-electron chi connectivity index (χ4n) is 2.13. The number of nitrogens with zero attached hydrogens (tertiary/aromatic N) is 3. The molecule has 2 aromatic rings. The van der Waals surface area contributed by atoms with E-state index < -0.39 is 0 Å². The van der Waals surface area contributed by atoms with E-state index in [-0.39, 0.29) is 5.91 Å². The Labute approximate surface area is 129 Å². The van der Waals surface area contributed by atoms with E-state index in [0.717, 1.165) is 21.3 Å². The summed E-state index contributed by atoms with van der Waals surface area (Å²) in [5.74, 6) is 0.234. The summed E-state index contributed by atoms with van der Waals surface area (Å²) in [5.41, 5.74) is 2.57. The first kappa shape index (κ1) is 15.7. The lowest BCUT2D eigenvalue weighted by Gasteiger charge is -2.05. The molecule has 0 spiro atoms. The van der Waals surface area contributed by atoms with Crippen LogP contribution in [0.3, 0.4) is 0 Å². The molecule has 0 aliphatic heterocycles. The molecule has 1 N–H and O–H groups in total. The Morgan fingerprint density at radius 2 is 2.14 bits per heavy atom. The van der Waals surface area contributed by atoms with Gasteiger partial charge in [-0.15, -0.1) is 11.3 Å². The topological polar surface area (TPSA) is 59.8 Å². The van der Waals surface area contributed by atoms with E-state index in [1.165, 1.54) is 0 Å². The number of nitrogens with one attached hydrogen (secondary N) is 1. The van der Waals surface area contributed by atoms with Crippen molar-refractivity contribution in [2.75, 3.05) is 0 Å². The molecule has 0 aliphatic rings. The lowest BCUT2D eigenvalue weighted by Crippen LogP contribution is -2.25. The van der Waals surface area contributed by atoms with E-state index in [2.05, 4.69) is 29.2 Å². The van der Waals surface area contributed by atoms with Crippen LogP contribution in [0, 0.1) is 13.8 Å². The van der Waals surface area contributed by atoms with E-state index in [0.29, 0.717) is 24.7 Å². The monoisotopic (exact) mass is 306 g/mol. The van der Waals surface area contributed by atoms with Gasteiger partial charge in [-0.05, 0) is 32.8 Å². The molecule has 0 unspecified atom stereocenters. The van der Waals surface area contributed by atoms with Gasteiger partial charge < -0.3 is 5.32 Å². The highest BCUT2D eigenvalue weighted by Crippen LogP contribution is 2.18. The highest BCUT2D eigenvalue weighted by molar-refractivity contribution is 7.11. The highest BCUT2D eigenvalue weighted by atomic mass is 32.1. The normalized spacial score (nSPS) is 11.1. The van der Waals surface area contributed by atoms with Gasteiger partial charge in [0.1, 0.15) is 5.69 Å². The van der Waals surface area contributed by atoms with Gasteiger partial charge in [0.05, 0.1) is 22.9 Å². The summed E-state index contributed by atoms with van der Waals surface area (Å²) in [6.07, 6.45) is 0. The Hall–Kier alpha value is -1.69. The van der Waals surface area contributed by atoms with Crippen LogP contribution in [0.2, 0.25) is 0 Å². The Balaban J connectivity index is 2.11. The van der Waals surface area contributed by atoms with Crippen molar-refractivity contribution in [2.45, 2.75) is 53.6 Å². The molecule has 21 heavy (non-hydrogen) atoms. The van der Waals surface area contributed by atoms with E-state index in [1.807, 2.05) is 26.8 Å². The summed E-state index contributed by atoms with van der Waals surface area (Å²) >= 11 is 1.62. The second-order valence-corrected chi connectivity index (χ2v) is 6.64. The minimum Gasteiger partial charge on any atom is -0.346 e. The summed E-state index contributed by atoms with van der Waals surface area (Å²) in [5, 5.41) is 8.46. The molecule has 6 heteroatoms. The number of hydrogen-bond donors (Lipinski definition) is 1. The maximum atomic E-state index is 12.4. The molecule has 2 rings (SSSR count). The van der Waals surface area contributed by atoms with Crippen LogP contribution < -0.4 is 5.32 Å². The Morgan fingerprint density at radius 3 is 2.67 bits per heavy atom. The molecule has 2 heterocycles. The van der Waals surface area contributed by atoms with Gasteiger partial charge in [0.15, 0.2) is 0 Å². The van der Waals surface area contributed by atoms with Gasteiger partial charge >= 0.3 is 0 Å². The molecular weight excluding hydrogens is 284 g/mol. The molecule has 0 atom stereocenters. The van der Waals surface area contributed by atoms with Gasteiger partial charge in [0.2, 0.25) is 0 Å². The zero-order chi connectivity index (χ0) is 15.6. The van der Waals surface area contributed by atoms with Crippen molar-refractivity contribution in [3.8, 4) is 0 Å². The van der Waals surface area contributed by atoms with Crippen molar-refractivity contribution in [3.63, 3.8) is 0 Å². The van der Waals surface area contributed by atoms with E-state index in [1.54, 1.807) is 16.0 Å². The predicted octanol–water partition coefficient (Wildman–Crippen LogP) is 3.03. The minimum atomic E-state index is -0.0818. The van der Waals surface area contributed by atoms with E-state index in [4.69, 9.17) is 0 Å². The second kappa shape index (κ2) is 6.39. The molecular formula is C15H22N4OS. The Morgan fingerprint density at radius 1 is 1.43 bits per heavy atom. The maximum Gasteiger partial charge on any atom is 0.269 e. The van der Waals surface area contributed by atoms with Crippen molar-refractivity contribution in [1.82, 2.24) is 20.1 Å². The summed E-state index contributed by atoms with van der Waals surface area (Å²) in [6.45, 7) is 11.3. The molecule has 0 bridgehead atoms. The quantitative estimate of drug-likeness (QED) is 0.923. The largest absolute Gasteiger partial charge is 0.346 e. The first-order chi connectivity index (χ1) is 9.92. The van der Waals surface area contributed by atoms with Crippen LogP contribution in [0.4, 0.5) is 0 Å². The van der Waals surface area contributed by atoms with Gasteiger partial charge in [0.25, 0.3) is 5.91 Å². The molecule has 114 valence electrons. The molecule has 2 aromatic heterocycles. The summed E-state index contributed by atoms with van der Waals surface area (Å²) < 4.78 is 1.76. The number of hydrogen-bond acceptors (Lipinski definition) is 4. The van der Waals surface area contributed by atoms with Gasteiger partial charge in [-0.1, -0.05) is 13.8 Å². The molecule has 1 amide bonds. The van der Waals surface area contributed by atoms with Gasteiger partial charge in [-0.25, -0.2) is 4.98 Å². The first-order valence-corrected chi connectivity index (χ1v) is 8.02. The number of carbonyl (C=O) groups is 1. The molecule has 0 fully saturated rings. The minimum absolute atomic E-state index is 0.0818. The number of rotatable bonds is 5. The van der Waals surface area contributed by atoms with Crippen molar-refractivity contribution in [3.05, 3.63) is 33.0 Å². The van der Waals surface area contributed by atoms with Gasteiger partial charge in [-0.2, -0.15) is 5.10 Å². The fraction of sp³-hybridized carbons (Fsp3) is 0.533. The van der Waals surface area contributed by atoms with Crippen LogP contribution in [0.25, 0.3) is 0 Å². The van der Waals surface area contributed by atoms with Gasteiger partial charge in [-0.3, -0.25) is 9.48 Å². The van der Waals surface area contributed by atoms with Gasteiger partial charge in [0, 0.05) is 11.4 Å². The van der Waals surface area contributed by atoms with Crippen molar-refractivity contribution < 1.29 is 4.79 Å². The second-order valence-electron chi connectivity index (χ2n) is 5.35. The average Bonchev–Trinajstić information content (AvgIpc) is 2.99. The van der Waals surface area contributed by atoms with Crippen LogP contribution in [0.1, 0.15) is 58.5 Å². The van der Waals surface area contributed by atoms with E-state index in [9.17, 15) is 4.79 Å². The molecule has 0 saturated heterocycles. The van der Waals surface area contributed by atoms with E-state index >= 15 is 0 Å². The average molecular weight is 306 g/mol. The van der Waals surface area contributed by atoms with Crippen LogP contribution >= 0.6 is 11.3 Å². The number of thiazole rings is 1. The molecule has 5 nitrogen and oxygen atoms in total. The van der Waals surface area contributed by atoms with Crippen LogP contribution in [0.5, 0.6) is 0 Å². The lowest BCUT2D eigenvalue weighted by atomic mass is 10.1. The standard InChI is InChI=1S/C15H22N4OS/c1-6-19-13(7-12(18-19)9(2)3)15(20)16-8-14-10(4)17-11(5)21-14/h7,9H,6,8H2,1-5H3,(H,16,20). The third kappa shape index (κ3) is 3.50. The maximum absolute atomic E-state index is 12.4. The van der Waals surface area contributed by atoms with Crippen molar-refractivity contribution >= 4 is 17.2 Å². The Bertz CT molecular complexity index is 642. The molecule has 0 saturated carbocycles. The fourth-order valence-corrected chi connectivity index (χ4v) is 3.01. The third-order valence-electron chi connectivity index (χ3n) is 3.33. The number of aryl methyl sites for hydroxylation is 3. The van der Waals surface area contributed by atoms with Crippen molar-refractivity contribution in [1.29, 1.82) is 0 Å². The lowest BCUT2D eigenvalue weighted by molar-refractivity contribution is 0.0940. The summed E-state index contributed by atoms with van der Waals surface area (Å²) in [7, 11) is 0. The number of amides is 1. The van der Waals surface area contributed by atoms with Crippen molar-refractivity contribution in [2.24, 2.45) is 0 Å². The predicted molar refractivity (Wildman–Crippen MR) is 84.7 cm³/mol. The number of carbonyl (C=O) groups excluding carboxylic acids is 1. The zero-order valence-electron chi connectivity index (χ0n) is 13.2. The van der Waals surface area contributed by atoms with Crippen LogP contribution in [-0.4, -0.2) is 20.7 Å². The summed E-state index contributed by atoms with van der Waals surface area (Å²) in [4.78, 5) is 17.8. The Kier molecular flexibility index (Phi) is 4.77. The summed E-state index contributed by atoms with van der Waals surface area (Å²) in [6, 6.07) is 1.88. The SMILES string of the molecule is CCn1nc(C(C)C)cc1C(=O)NCc1sc(C)nc1C. The first-order valence-electron chi connectivity index (χ1n) is 7.21. The molecule has 0 aliphatic carbocycles. The molecule has 0 aromatic carbocycles. The van der Waals surface area contributed by atoms with Crippen LogP contribution in [-0.2, 0) is 13.1 Å². The number of aromatic nitrogens is 3. The smallest absolute Gasteiger partial charge is 0.269 e. The third-order valence-corrected chi connectivity index (χ3v) is 4.40. The molecule has 0 radical (unpaired) electrons. The van der Waals surface area contributed by atoms with Crippen LogP contribution in [0.15, 0.2) is 6.07 Å².